The van der Waals surface area contributed by atoms with Gasteiger partial charge in [-0.15, -0.1) is 11.3 Å². The van der Waals surface area contributed by atoms with E-state index in [9.17, 15) is 15.3 Å². The van der Waals surface area contributed by atoms with Crippen LogP contribution in [0.25, 0.3) is 0 Å². The Hall–Kier alpha value is -1.28. The largest absolute Gasteiger partial charge is 0.388 e. The van der Waals surface area contributed by atoms with Crippen molar-refractivity contribution < 1.29 is 24.8 Å². The SMILES string of the molecule is CCCc1ccc(Cc2cc3c(cc2C)CO[C@]32O[C@H](C)[C@@H](O)[C@H](O)[C@H]2O)s1. The van der Waals surface area contributed by atoms with E-state index in [1.807, 2.05) is 17.4 Å². The van der Waals surface area contributed by atoms with Crippen LogP contribution in [-0.2, 0) is 34.7 Å². The number of ether oxygens (including phenoxy) is 2. The van der Waals surface area contributed by atoms with Gasteiger partial charge in [-0.05, 0) is 55.2 Å². The van der Waals surface area contributed by atoms with Crippen molar-refractivity contribution in [3.05, 3.63) is 56.3 Å². The molecule has 3 heterocycles. The Morgan fingerprint density at radius 1 is 1.14 bits per heavy atom. The van der Waals surface area contributed by atoms with Gasteiger partial charge in [0, 0.05) is 21.7 Å². The van der Waals surface area contributed by atoms with Crippen molar-refractivity contribution >= 4 is 11.3 Å². The monoisotopic (exact) mass is 404 g/mol. The van der Waals surface area contributed by atoms with Gasteiger partial charge < -0.3 is 24.8 Å². The maximum atomic E-state index is 10.7. The fourth-order valence-corrected chi connectivity index (χ4v) is 5.39. The zero-order valence-electron chi connectivity index (χ0n) is 16.5. The molecule has 0 bridgehead atoms. The van der Waals surface area contributed by atoms with Gasteiger partial charge in [0.2, 0.25) is 5.79 Å². The Balaban J connectivity index is 1.69. The van der Waals surface area contributed by atoms with Crippen molar-refractivity contribution in [1.82, 2.24) is 0 Å². The highest BCUT2D eigenvalue weighted by Crippen LogP contribution is 2.46. The van der Waals surface area contributed by atoms with Crippen LogP contribution < -0.4 is 0 Å². The van der Waals surface area contributed by atoms with E-state index in [4.69, 9.17) is 9.47 Å². The Kier molecular flexibility index (Phi) is 5.37. The molecule has 0 unspecified atom stereocenters. The highest BCUT2D eigenvalue weighted by Gasteiger charge is 2.57. The first-order chi connectivity index (χ1) is 13.4. The van der Waals surface area contributed by atoms with Crippen molar-refractivity contribution in [2.24, 2.45) is 0 Å². The Labute approximate surface area is 169 Å². The maximum Gasteiger partial charge on any atom is 0.225 e. The lowest BCUT2D eigenvalue weighted by Crippen LogP contribution is -2.62. The van der Waals surface area contributed by atoms with E-state index in [2.05, 4.69) is 32.0 Å². The summed E-state index contributed by atoms with van der Waals surface area (Å²) in [5.41, 5.74) is 4.03. The number of fused-ring (bicyclic) bond motifs is 2. The lowest BCUT2D eigenvalue weighted by molar-refractivity contribution is -0.362. The topological polar surface area (TPSA) is 79.2 Å². The zero-order valence-corrected chi connectivity index (χ0v) is 17.3. The first kappa shape index (κ1) is 20.0. The van der Waals surface area contributed by atoms with Crippen LogP contribution in [0.3, 0.4) is 0 Å². The van der Waals surface area contributed by atoms with Crippen molar-refractivity contribution in [2.75, 3.05) is 0 Å². The number of thiophene rings is 1. The second-order valence-electron chi connectivity index (χ2n) is 7.94. The van der Waals surface area contributed by atoms with Crippen LogP contribution in [0.2, 0.25) is 0 Å². The van der Waals surface area contributed by atoms with Crippen LogP contribution in [0.1, 0.15) is 52.3 Å². The summed E-state index contributed by atoms with van der Waals surface area (Å²) in [4.78, 5) is 2.70. The highest BCUT2D eigenvalue weighted by atomic mass is 32.1. The van der Waals surface area contributed by atoms with E-state index in [1.54, 1.807) is 6.92 Å². The van der Waals surface area contributed by atoms with Gasteiger partial charge in [0.1, 0.15) is 18.3 Å². The van der Waals surface area contributed by atoms with E-state index < -0.39 is 30.2 Å². The normalized spacial score (nSPS) is 32.1. The van der Waals surface area contributed by atoms with Crippen molar-refractivity contribution in [3.8, 4) is 0 Å². The number of hydrogen-bond acceptors (Lipinski definition) is 6. The van der Waals surface area contributed by atoms with E-state index >= 15 is 0 Å². The fourth-order valence-electron chi connectivity index (χ4n) is 4.24. The minimum Gasteiger partial charge on any atom is -0.388 e. The van der Waals surface area contributed by atoms with E-state index in [0.29, 0.717) is 6.61 Å². The van der Waals surface area contributed by atoms with Crippen LogP contribution in [0.15, 0.2) is 24.3 Å². The summed E-state index contributed by atoms with van der Waals surface area (Å²) in [5.74, 6) is -1.43. The molecule has 152 valence electrons. The molecule has 1 saturated heterocycles. The summed E-state index contributed by atoms with van der Waals surface area (Å²) in [7, 11) is 0. The third-order valence-electron chi connectivity index (χ3n) is 5.86. The lowest BCUT2D eigenvalue weighted by atomic mass is 9.86. The smallest absolute Gasteiger partial charge is 0.225 e. The number of benzene rings is 1. The summed E-state index contributed by atoms with van der Waals surface area (Å²) in [6.45, 7) is 6.26. The first-order valence-electron chi connectivity index (χ1n) is 9.92. The zero-order chi connectivity index (χ0) is 20.1. The second kappa shape index (κ2) is 7.52. The van der Waals surface area contributed by atoms with E-state index in [-0.39, 0.29) is 0 Å². The standard InChI is InChI=1S/C22H28O5S/c1-4-5-16-6-7-17(28-16)9-14-10-18-15(8-12(14)2)11-26-22(18)21(25)20(24)19(23)13(3)27-22/h6-8,10,13,19-21,23-25H,4-5,9,11H2,1-3H3/t13-,19-,20+,21-,22+/m1/s1. The Morgan fingerprint density at radius 3 is 2.64 bits per heavy atom. The van der Waals surface area contributed by atoms with Crippen LogP contribution >= 0.6 is 11.3 Å². The van der Waals surface area contributed by atoms with Crippen molar-refractivity contribution in [1.29, 1.82) is 0 Å². The molecule has 0 aliphatic carbocycles. The molecule has 6 heteroatoms. The minimum absolute atomic E-state index is 0.308. The van der Waals surface area contributed by atoms with Gasteiger partial charge in [-0.3, -0.25) is 0 Å². The van der Waals surface area contributed by atoms with E-state index in [0.717, 1.165) is 36.0 Å². The Bertz CT molecular complexity index is 863. The molecule has 4 rings (SSSR count). The maximum absolute atomic E-state index is 10.7. The van der Waals surface area contributed by atoms with Gasteiger partial charge in [0.05, 0.1) is 12.7 Å². The van der Waals surface area contributed by atoms with Gasteiger partial charge in [0.15, 0.2) is 0 Å². The molecule has 5 atom stereocenters. The predicted molar refractivity (Wildman–Crippen MR) is 107 cm³/mol. The van der Waals surface area contributed by atoms with Crippen LogP contribution in [0.4, 0.5) is 0 Å². The molecule has 28 heavy (non-hydrogen) atoms. The van der Waals surface area contributed by atoms with Gasteiger partial charge in [0.25, 0.3) is 0 Å². The molecule has 0 saturated carbocycles. The summed E-state index contributed by atoms with van der Waals surface area (Å²) < 4.78 is 11.9. The number of aliphatic hydroxyl groups is 3. The molecule has 0 radical (unpaired) electrons. The quantitative estimate of drug-likeness (QED) is 0.730. The number of hydrogen-bond donors (Lipinski definition) is 3. The summed E-state index contributed by atoms with van der Waals surface area (Å²) >= 11 is 1.84. The third kappa shape index (κ3) is 3.22. The van der Waals surface area contributed by atoms with Gasteiger partial charge in [-0.25, -0.2) is 0 Å². The van der Waals surface area contributed by atoms with Gasteiger partial charge in [-0.2, -0.15) is 0 Å². The molecule has 0 amide bonds. The molecule has 1 aromatic carbocycles. The summed E-state index contributed by atoms with van der Waals surface area (Å²) in [5, 5.41) is 31.1. The number of aliphatic hydroxyl groups excluding tert-OH is 3. The molecule has 1 aromatic heterocycles. The van der Waals surface area contributed by atoms with Crippen LogP contribution in [-0.4, -0.2) is 39.7 Å². The predicted octanol–water partition coefficient (Wildman–Crippen LogP) is 2.78. The minimum atomic E-state index is -1.43. The van der Waals surface area contributed by atoms with Crippen LogP contribution in [0, 0.1) is 6.92 Å². The first-order valence-corrected chi connectivity index (χ1v) is 10.7. The molecule has 2 aromatic rings. The van der Waals surface area contributed by atoms with Crippen molar-refractivity contribution in [2.45, 2.75) is 76.8 Å². The molecular weight excluding hydrogens is 376 g/mol. The van der Waals surface area contributed by atoms with Crippen LogP contribution in [0.5, 0.6) is 0 Å². The van der Waals surface area contributed by atoms with Crippen molar-refractivity contribution in [3.63, 3.8) is 0 Å². The summed E-state index contributed by atoms with van der Waals surface area (Å²) in [6, 6.07) is 8.50. The number of rotatable bonds is 4. The fraction of sp³-hybridized carbons (Fsp3) is 0.545. The second-order valence-corrected chi connectivity index (χ2v) is 9.19. The van der Waals surface area contributed by atoms with E-state index in [1.165, 1.54) is 15.3 Å². The molecule has 5 nitrogen and oxygen atoms in total. The average Bonchev–Trinajstić information content (AvgIpc) is 3.25. The molecule has 2 aliphatic rings. The summed E-state index contributed by atoms with van der Waals surface area (Å²) in [6.07, 6.45) is -1.44. The third-order valence-corrected chi connectivity index (χ3v) is 7.01. The highest BCUT2D eigenvalue weighted by molar-refractivity contribution is 7.12. The van der Waals surface area contributed by atoms with Gasteiger partial charge in [-0.1, -0.05) is 19.4 Å². The van der Waals surface area contributed by atoms with Gasteiger partial charge >= 0.3 is 0 Å². The average molecular weight is 405 g/mol. The molecular formula is C22H28O5S. The molecule has 2 aliphatic heterocycles. The molecule has 1 fully saturated rings. The lowest BCUT2D eigenvalue weighted by Gasteiger charge is -2.45. The Morgan fingerprint density at radius 2 is 1.89 bits per heavy atom. The molecule has 1 spiro atoms. The molecule has 3 N–H and O–H groups in total. The number of aryl methyl sites for hydroxylation is 2.